The molecule has 1 N–H and O–H groups in total. The van der Waals surface area contributed by atoms with E-state index < -0.39 is 5.97 Å². The molecule has 2 aromatic rings. The molecule has 2 rings (SSSR count). The van der Waals surface area contributed by atoms with Gasteiger partial charge in [-0.15, -0.1) is 10.2 Å². The topological polar surface area (TPSA) is 85.8 Å². The number of hydrogen-bond donors (Lipinski definition) is 1. The van der Waals surface area contributed by atoms with Gasteiger partial charge in [0.15, 0.2) is 5.16 Å². The first kappa shape index (κ1) is 14.6. The average Bonchev–Trinajstić information content (AvgIpc) is 2.99. The fourth-order valence-corrected chi connectivity index (χ4v) is 2.64. The summed E-state index contributed by atoms with van der Waals surface area (Å²) < 4.78 is 3.94. The number of thioether (sulfide) groups is 1. The largest absolute Gasteiger partial charge is 0.481 e. The second-order valence-corrected chi connectivity index (χ2v) is 5.27. The van der Waals surface area contributed by atoms with E-state index in [4.69, 9.17) is 5.11 Å². The summed E-state index contributed by atoms with van der Waals surface area (Å²) in [5.41, 5.74) is 1.10. The van der Waals surface area contributed by atoms with Gasteiger partial charge < -0.3 is 14.2 Å². The highest BCUT2D eigenvalue weighted by atomic mass is 32.2. The maximum absolute atomic E-state index is 10.7. The van der Waals surface area contributed by atoms with E-state index in [0.29, 0.717) is 0 Å². The van der Waals surface area contributed by atoms with Gasteiger partial charge >= 0.3 is 5.97 Å². The number of aryl methyl sites for hydroxylation is 3. The first-order valence-electron chi connectivity index (χ1n) is 6.33. The lowest BCUT2D eigenvalue weighted by atomic mass is 10.3. The number of hydrogen-bond acceptors (Lipinski definition) is 5. The highest BCUT2D eigenvalue weighted by molar-refractivity contribution is 7.99. The number of rotatable bonds is 7. The van der Waals surface area contributed by atoms with Crippen LogP contribution in [0.3, 0.4) is 0 Å². The van der Waals surface area contributed by atoms with E-state index >= 15 is 0 Å². The predicted molar refractivity (Wildman–Crippen MR) is 74.7 cm³/mol. The Morgan fingerprint density at radius 1 is 1.50 bits per heavy atom. The summed E-state index contributed by atoms with van der Waals surface area (Å²) in [5.74, 6) is 0.0789. The molecule has 0 spiro atoms. The van der Waals surface area contributed by atoms with Crippen LogP contribution < -0.4 is 0 Å². The van der Waals surface area contributed by atoms with Crippen LogP contribution in [0.4, 0.5) is 0 Å². The normalized spacial score (nSPS) is 10.9. The molecule has 0 aromatic carbocycles. The van der Waals surface area contributed by atoms with Crippen LogP contribution in [0, 0.1) is 0 Å². The fourth-order valence-electron chi connectivity index (χ4n) is 1.90. The number of carboxylic acids is 1. The average molecular weight is 295 g/mol. The lowest BCUT2D eigenvalue weighted by Gasteiger charge is -2.10. The van der Waals surface area contributed by atoms with Gasteiger partial charge in [0.25, 0.3) is 0 Å². The lowest BCUT2D eigenvalue weighted by Crippen LogP contribution is -2.10. The second kappa shape index (κ2) is 6.56. The van der Waals surface area contributed by atoms with Crippen LogP contribution in [0.15, 0.2) is 17.7 Å². The number of aromatic nitrogens is 5. The van der Waals surface area contributed by atoms with Gasteiger partial charge in [-0.3, -0.25) is 4.79 Å². The first-order valence-corrected chi connectivity index (χ1v) is 7.32. The molecule has 0 amide bonds. The molecule has 0 bridgehead atoms. The van der Waals surface area contributed by atoms with Gasteiger partial charge in [-0.25, -0.2) is 4.98 Å². The number of nitrogens with zero attached hydrogens (tertiary/aromatic N) is 5. The minimum Gasteiger partial charge on any atom is -0.481 e. The van der Waals surface area contributed by atoms with Crippen LogP contribution in [-0.2, 0) is 31.2 Å². The van der Waals surface area contributed by atoms with Crippen molar-refractivity contribution in [3.05, 3.63) is 24.0 Å². The Hall–Kier alpha value is -1.83. The van der Waals surface area contributed by atoms with E-state index in [1.165, 1.54) is 11.8 Å². The molecule has 0 unspecified atom stereocenters. The molecule has 0 radical (unpaired) electrons. The molecule has 8 heteroatoms. The van der Waals surface area contributed by atoms with Gasteiger partial charge in [-0.1, -0.05) is 18.7 Å². The van der Waals surface area contributed by atoms with E-state index in [0.717, 1.165) is 36.1 Å². The molecule has 2 aromatic heterocycles. The first-order chi connectivity index (χ1) is 9.61. The number of aliphatic carboxylic acids is 1. The molecule has 7 nitrogen and oxygen atoms in total. The summed E-state index contributed by atoms with van der Waals surface area (Å²) in [5, 5.41) is 17.4. The standard InChI is InChI=1S/C12H17N5O2S/c1-3-9-6-13-12(20-7-11(18)19)17(9)5-4-10-15-14-8-16(10)2/h6,8H,3-5,7H2,1-2H3,(H,18,19). The maximum Gasteiger partial charge on any atom is 0.313 e. The van der Waals surface area contributed by atoms with E-state index in [2.05, 4.69) is 26.7 Å². The predicted octanol–water partition coefficient (Wildman–Crippen LogP) is 0.993. The summed E-state index contributed by atoms with van der Waals surface area (Å²) in [6.45, 7) is 2.78. The van der Waals surface area contributed by atoms with Gasteiger partial charge in [0.2, 0.25) is 0 Å². The fraction of sp³-hybridized carbons (Fsp3) is 0.500. The molecule has 0 aliphatic carbocycles. The highest BCUT2D eigenvalue weighted by Crippen LogP contribution is 2.19. The Morgan fingerprint density at radius 3 is 2.90 bits per heavy atom. The van der Waals surface area contributed by atoms with E-state index in [9.17, 15) is 4.79 Å². The van der Waals surface area contributed by atoms with Gasteiger partial charge in [0, 0.05) is 31.9 Å². The van der Waals surface area contributed by atoms with Crippen molar-refractivity contribution >= 4 is 17.7 Å². The maximum atomic E-state index is 10.7. The smallest absolute Gasteiger partial charge is 0.313 e. The molecule has 108 valence electrons. The Morgan fingerprint density at radius 2 is 2.30 bits per heavy atom. The summed E-state index contributed by atoms with van der Waals surface area (Å²) in [7, 11) is 1.91. The van der Waals surface area contributed by atoms with Crippen molar-refractivity contribution < 1.29 is 9.90 Å². The van der Waals surface area contributed by atoms with Crippen molar-refractivity contribution in [2.24, 2.45) is 7.05 Å². The number of carbonyl (C=O) groups is 1. The molecule has 0 aliphatic rings. The van der Waals surface area contributed by atoms with Gasteiger partial charge in [-0.2, -0.15) is 0 Å². The van der Waals surface area contributed by atoms with Gasteiger partial charge in [-0.05, 0) is 6.42 Å². The van der Waals surface area contributed by atoms with Crippen molar-refractivity contribution in [2.45, 2.75) is 31.5 Å². The van der Waals surface area contributed by atoms with Crippen molar-refractivity contribution in [2.75, 3.05) is 5.75 Å². The minimum absolute atomic E-state index is 0.0180. The van der Waals surface area contributed by atoms with Gasteiger partial charge in [0.1, 0.15) is 12.2 Å². The molecule has 2 heterocycles. The van der Waals surface area contributed by atoms with Crippen LogP contribution in [0.5, 0.6) is 0 Å². The minimum atomic E-state index is -0.837. The zero-order chi connectivity index (χ0) is 14.5. The molecule has 0 saturated heterocycles. The van der Waals surface area contributed by atoms with Gasteiger partial charge in [0.05, 0.1) is 5.75 Å². The van der Waals surface area contributed by atoms with Crippen LogP contribution in [-0.4, -0.2) is 41.1 Å². The van der Waals surface area contributed by atoms with Crippen molar-refractivity contribution in [3.8, 4) is 0 Å². The third-order valence-corrected chi connectivity index (χ3v) is 3.93. The lowest BCUT2D eigenvalue weighted by molar-refractivity contribution is -0.133. The molecule has 0 saturated carbocycles. The van der Waals surface area contributed by atoms with E-state index in [-0.39, 0.29) is 5.75 Å². The van der Waals surface area contributed by atoms with Crippen molar-refractivity contribution in [3.63, 3.8) is 0 Å². The third kappa shape index (κ3) is 3.38. The molecular weight excluding hydrogens is 278 g/mol. The molecule has 0 atom stereocenters. The van der Waals surface area contributed by atoms with E-state index in [1.54, 1.807) is 12.5 Å². The summed E-state index contributed by atoms with van der Waals surface area (Å²) in [6, 6.07) is 0. The Balaban J connectivity index is 2.10. The molecule has 0 aliphatic heterocycles. The zero-order valence-corrected chi connectivity index (χ0v) is 12.3. The monoisotopic (exact) mass is 295 g/mol. The van der Waals surface area contributed by atoms with Crippen molar-refractivity contribution in [1.29, 1.82) is 0 Å². The number of imidazole rings is 1. The van der Waals surface area contributed by atoms with E-state index in [1.807, 2.05) is 11.6 Å². The molecule has 20 heavy (non-hydrogen) atoms. The Kier molecular flexibility index (Phi) is 4.78. The summed E-state index contributed by atoms with van der Waals surface area (Å²) in [4.78, 5) is 15.0. The van der Waals surface area contributed by atoms with Crippen LogP contribution >= 0.6 is 11.8 Å². The summed E-state index contributed by atoms with van der Waals surface area (Å²) >= 11 is 1.24. The highest BCUT2D eigenvalue weighted by Gasteiger charge is 2.12. The van der Waals surface area contributed by atoms with Crippen LogP contribution in [0.2, 0.25) is 0 Å². The third-order valence-electron chi connectivity index (χ3n) is 2.95. The quantitative estimate of drug-likeness (QED) is 0.767. The zero-order valence-electron chi connectivity index (χ0n) is 11.5. The Labute approximate surface area is 121 Å². The Bertz CT molecular complexity index is 592. The molecule has 0 fully saturated rings. The SMILES string of the molecule is CCc1cnc(SCC(=O)O)n1CCc1nncn1C. The summed E-state index contributed by atoms with van der Waals surface area (Å²) in [6.07, 6.45) is 5.07. The van der Waals surface area contributed by atoms with Crippen molar-refractivity contribution in [1.82, 2.24) is 24.3 Å². The second-order valence-electron chi connectivity index (χ2n) is 4.33. The molecular formula is C12H17N5O2S. The number of carboxylic acid groups (broad SMARTS) is 1. The van der Waals surface area contributed by atoms with Crippen LogP contribution in [0.25, 0.3) is 0 Å². The van der Waals surface area contributed by atoms with Crippen LogP contribution in [0.1, 0.15) is 18.4 Å².